The van der Waals surface area contributed by atoms with Gasteiger partial charge in [-0.25, -0.2) is 9.50 Å². The quantitative estimate of drug-likeness (QED) is 0.644. The van der Waals surface area contributed by atoms with Crippen LogP contribution in [-0.2, 0) is 11.2 Å². The molecule has 1 fully saturated rings. The van der Waals surface area contributed by atoms with Gasteiger partial charge in [0.25, 0.3) is 5.91 Å². The first-order chi connectivity index (χ1) is 14.9. The number of hydrogen-bond donors (Lipinski definition) is 2. The molecule has 5 rings (SSSR count). The minimum atomic E-state index is -0.372. The summed E-state index contributed by atoms with van der Waals surface area (Å²) in [5.41, 5.74) is 1.95. The van der Waals surface area contributed by atoms with Crippen LogP contribution in [0, 0.1) is 0 Å². The average molecular weight is 424 g/mol. The second-order valence-electron chi connectivity index (χ2n) is 8.37. The molecule has 5 heterocycles. The third-order valence-corrected chi connectivity index (χ3v) is 5.51. The Labute approximate surface area is 178 Å². The number of nitrogens with one attached hydrogen (secondary N) is 1. The van der Waals surface area contributed by atoms with E-state index in [1.807, 2.05) is 24.8 Å². The van der Waals surface area contributed by atoms with Gasteiger partial charge in [0, 0.05) is 30.9 Å². The number of pyridine rings is 1. The summed E-state index contributed by atoms with van der Waals surface area (Å²) in [6.45, 7) is 5.35. The zero-order valence-corrected chi connectivity index (χ0v) is 17.4. The SMILES string of the molecule is CC1(C)Cc2cc(NC(=O)c3cnn4cccnc34)c(N3CCOCC3CO)nc2O1. The zero-order valence-electron chi connectivity index (χ0n) is 17.4. The Morgan fingerprint density at radius 1 is 1.42 bits per heavy atom. The molecular weight excluding hydrogens is 400 g/mol. The molecule has 1 amide bonds. The highest BCUT2D eigenvalue weighted by molar-refractivity contribution is 6.09. The van der Waals surface area contributed by atoms with Gasteiger partial charge in [-0.05, 0) is 26.0 Å². The van der Waals surface area contributed by atoms with Crippen LogP contribution in [0.5, 0.6) is 5.88 Å². The van der Waals surface area contributed by atoms with Gasteiger partial charge in [-0.15, -0.1) is 0 Å². The number of hydrogen-bond acceptors (Lipinski definition) is 8. The summed E-state index contributed by atoms with van der Waals surface area (Å²) < 4.78 is 13.1. The van der Waals surface area contributed by atoms with Crippen molar-refractivity contribution >= 4 is 23.1 Å². The van der Waals surface area contributed by atoms with Crippen LogP contribution >= 0.6 is 0 Å². The van der Waals surface area contributed by atoms with Gasteiger partial charge in [-0.3, -0.25) is 4.79 Å². The summed E-state index contributed by atoms with van der Waals surface area (Å²) in [6, 6.07) is 3.40. The molecule has 0 aliphatic carbocycles. The Morgan fingerprint density at radius 2 is 2.29 bits per heavy atom. The number of morpholine rings is 1. The summed E-state index contributed by atoms with van der Waals surface area (Å²) in [5.74, 6) is 0.777. The van der Waals surface area contributed by atoms with E-state index in [0.717, 1.165) is 5.56 Å². The molecule has 0 aromatic carbocycles. The van der Waals surface area contributed by atoms with Crippen LogP contribution in [-0.4, -0.2) is 68.6 Å². The first-order valence-corrected chi connectivity index (χ1v) is 10.2. The molecule has 1 unspecified atom stereocenters. The van der Waals surface area contributed by atoms with Gasteiger partial charge >= 0.3 is 0 Å². The van der Waals surface area contributed by atoms with Gasteiger partial charge in [-0.2, -0.15) is 10.1 Å². The maximum Gasteiger partial charge on any atom is 0.261 e. The fourth-order valence-electron chi connectivity index (χ4n) is 4.07. The lowest BCUT2D eigenvalue weighted by Crippen LogP contribution is -2.48. The van der Waals surface area contributed by atoms with Crippen molar-refractivity contribution in [1.29, 1.82) is 0 Å². The maximum atomic E-state index is 13.1. The van der Waals surface area contributed by atoms with E-state index in [0.29, 0.717) is 54.8 Å². The van der Waals surface area contributed by atoms with Crippen LogP contribution in [0.4, 0.5) is 11.5 Å². The molecule has 3 aromatic rings. The number of aliphatic hydroxyl groups is 1. The lowest BCUT2D eigenvalue weighted by molar-refractivity contribution is 0.0721. The molecule has 0 spiro atoms. The Bertz CT molecular complexity index is 1140. The molecular formula is C21H24N6O4. The molecule has 2 aliphatic rings. The van der Waals surface area contributed by atoms with E-state index >= 15 is 0 Å². The maximum absolute atomic E-state index is 13.1. The molecule has 0 saturated carbocycles. The third kappa shape index (κ3) is 3.57. The standard InChI is InChI=1S/C21H24N6O4/c1-21(2)9-13-8-16(24-19(29)15-10-23-27-5-3-4-22-17(15)27)18(25-20(13)31-21)26-6-7-30-12-14(26)11-28/h3-5,8,10,14,28H,6-7,9,11-12H2,1-2H3,(H,24,29). The molecule has 10 nitrogen and oxygen atoms in total. The van der Waals surface area contributed by atoms with Crippen molar-refractivity contribution in [3.05, 3.63) is 41.9 Å². The van der Waals surface area contributed by atoms with Gasteiger partial charge in [0.15, 0.2) is 11.5 Å². The topological polar surface area (TPSA) is 114 Å². The van der Waals surface area contributed by atoms with E-state index in [4.69, 9.17) is 14.5 Å². The lowest BCUT2D eigenvalue weighted by atomic mass is 10.0. The number of carbonyl (C=O) groups is 1. The Balaban J connectivity index is 1.54. The van der Waals surface area contributed by atoms with E-state index in [9.17, 15) is 9.90 Å². The van der Waals surface area contributed by atoms with Gasteiger partial charge < -0.3 is 24.8 Å². The number of fused-ring (bicyclic) bond motifs is 2. The summed E-state index contributed by atoms with van der Waals surface area (Å²) in [5, 5.41) is 17.0. The fourth-order valence-corrected chi connectivity index (χ4v) is 4.07. The lowest BCUT2D eigenvalue weighted by Gasteiger charge is -2.36. The molecule has 162 valence electrons. The van der Waals surface area contributed by atoms with Crippen LogP contribution in [0.15, 0.2) is 30.7 Å². The predicted octanol–water partition coefficient (Wildman–Crippen LogP) is 1.29. The van der Waals surface area contributed by atoms with Crippen LogP contribution < -0.4 is 15.0 Å². The summed E-state index contributed by atoms with van der Waals surface area (Å²) in [4.78, 5) is 24.1. The van der Waals surface area contributed by atoms with E-state index in [2.05, 4.69) is 15.4 Å². The number of anilines is 2. The Morgan fingerprint density at radius 3 is 3.13 bits per heavy atom. The van der Waals surface area contributed by atoms with Crippen LogP contribution in [0.3, 0.4) is 0 Å². The van der Waals surface area contributed by atoms with E-state index in [-0.39, 0.29) is 24.2 Å². The average Bonchev–Trinajstić information content (AvgIpc) is 3.32. The highest BCUT2D eigenvalue weighted by Crippen LogP contribution is 2.39. The highest BCUT2D eigenvalue weighted by Gasteiger charge is 2.35. The number of nitrogens with zero attached hydrogens (tertiary/aromatic N) is 5. The first-order valence-electron chi connectivity index (χ1n) is 10.2. The third-order valence-electron chi connectivity index (χ3n) is 5.51. The van der Waals surface area contributed by atoms with Crippen molar-refractivity contribution in [1.82, 2.24) is 19.6 Å². The van der Waals surface area contributed by atoms with E-state index < -0.39 is 0 Å². The normalized spacial score (nSPS) is 19.8. The molecule has 0 bridgehead atoms. The smallest absolute Gasteiger partial charge is 0.261 e. The molecule has 1 saturated heterocycles. The van der Waals surface area contributed by atoms with Crippen LogP contribution in [0.25, 0.3) is 5.65 Å². The largest absolute Gasteiger partial charge is 0.471 e. The van der Waals surface area contributed by atoms with Gasteiger partial charge in [0.2, 0.25) is 5.88 Å². The number of aliphatic hydroxyl groups excluding tert-OH is 1. The van der Waals surface area contributed by atoms with E-state index in [1.54, 1.807) is 23.0 Å². The molecule has 1 atom stereocenters. The van der Waals surface area contributed by atoms with Gasteiger partial charge in [0.1, 0.15) is 11.2 Å². The summed E-state index contributed by atoms with van der Waals surface area (Å²) >= 11 is 0. The summed E-state index contributed by atoms with van der Waals surface area (Å²) in [6.07, 6.45) is 5.54. The fraction of sp³-hybridized carbons (Fsp3) is 0.429. The second-order valence-corrected chi connectivity index (χ2v) is 8.37. The molecule has 3 aromatic heterocycles. The van der Waals surface area contributed by atoms with Crippen molar-refractivity contribution < 1.29 is 19.4 Å². The van der Waals surface area contributed by atoms with Crippen molar-refractivity contribution in [3.63, 3.8) is 0 Å². The summed E-state index contributed by atoms with van der Waals surface area (Å²) in [7, 11) is 0. The second kappa shape index (κ2) is 7.47. The minimum absolute atomic E-state index is 0.0868. The number of carbonyl (C=O) groups excluding carboxylic acids is 1. The Hall–Kier alpha value is -3.24. The van der Waals surface area contributed by atoms with Gasteiger partial charge in [0.05, 0.1) is 37.7 Å². The van der Waals surface area contributed by atoms with Gasteiger partial charge in [-0.1, -0.05) is 0 Å². The molecule has 2 aliphatic heterocycles. The van der Waals surface area contributed by atoms with Crippen molar-refractivity contribution in [2.24, 2.45) is 0 Å². The van der Waals surface area contributed by atoms with Crippen LogP contribution in [0.1, 0.15) is 29.8 Å². The predicted molar refractivity (Wildman–Crippen MR) is 113 cm³/mol. The number of aromatic nitrogens is 4. The molecule has 10 heteroatoms. The minimum Gasteiger partial charge on any atom is -0.471 e. The Kier molecular flexibility index (Phi) is 4.75. The van der Waals surface area contributed by atoms with Crippen molar-refractivity contribution in [2.45, 2.75) is 31.9 Å². The van der Waals surface area contributed by atoms with Crippen molar-refractivity contribution in [3.8, 4) is 5.88 Å². The molecule has 31 heavy (non-hydrogen) atoms. The van der Waals surface area contributed by atoms with E-state index in [1.165, 1.54) is 6.20 Å². The first kappa shape index (κ1) is 19.7. The number of amides is 1. The zero-order chi connectivity index (χ0) is 21.6. The number of ether oxygens (including phenoxy) is 2. The van der Waals surface area contributed by atoms with Crippen LogP contribution in [0.2, 0.25) is 0 Å². The molecule has 2 N–H and O–H groups in total. The molecule has 0 radical (unpaired) electrons. The highest BCUT2D eigenvalue weighted by atomic mass is 16.5. The monoisotopic (exact) mass is 424 g/mol. The number of rotatable bonds is 4. The van der Waals surface area contributed by atoms with Crippen molar-refractivity contribution in [2.75, 3.05) is 36.6 Å².